The Morgan fingerprint density at radius 3 is 1.89 bits per heavy atom. The zero-order valence-electron chi connectivity index (χ0n) is 13.4. The first kappa shape index (κ1) is 21.1. The van der Waals surface area contributed by atoms with Gasteiger partial charge in [0, 0.05) is 13.5 Å². The van der Waals surface area contributed by atoms with Gasteiger partial charge in [-0.3, -0.25) is 0 Å². The highest BCUT2D eigenvalue weighted by Gasteiger charge is 2.15. The third-order valence-corrected chi connectivity index (χ3v) is 2.15. The van der Waals surface area contributed by atoms with Crippen LogP contribution in [0.2, 0.25) is 0 Å². The Bertz CT molecular complexity index is 187. The topological polar surface area (TPSA) is 68.2 Å². The maximum atomic E-state index is 9.10. The van der Waals surface area contributed by atoms with Crippen LogP contribution in [0.4, 0.5) is 0 Å². The fraction of sp³-hybridized carbons (Fsp3) is 1.00. The zero-order valence-corrected chi connectivity index (χ0v) is 13.4. The van der Waals surface area contributed by atoms with E-state index < -0.39 is 5.79 Å². The van der Waals surface area contributed by atoms with E-state index in [1.165, 1.54) is 7.11 Å². The minimum Gasteiger partial charge on any atom is -0.394 e. The molecule has 0 spiro atoms. The second-order valence-electron chi connectivity index (χ2n) is 5.43. The van der Waals surface area contributed by atoms with Gasteiger partial charge in [0.05, 0.1) is 32.0 Å². The third kappa shape index (κ3) is 20.3. The summed E-state index contributed by atoms with van der Waals surface area (Å²) in [5.74, 6) is -0.908. The van der Waals surface area contributed by atoms with Crippen LogP contribution in [-0.4, -0.2) is 55.1 Å². The first-order valence-electron chi connectivity index (χ1n) is 6.78. The number of hydrogen-bond donors (Lipinski definition) is 2. The van der Waals surface area contributed by atoms with Crippen LogP contribution in [0.1, 0.15) is 47.5 Å². The zero-order chi connectivity index (χ0) is 15.4. The van der Waals surface area contributed by atoms with E-state index in [2.05, 4.69) is 0 Å². The van der Waals surface area contributed by atoms with E-state index in [1.54, 1.807) is 6.92 Å². The van der Waals surface area contributed by atoms with E-state index in [1.807, 2.05) is 27.7 Å². The Hall–Kier alpha value is -0.200. The average molecular weight is 280 g/mol. The molecule has 0 aromatic rings. The minimum absolute atomic E-state index is 0.0789. The molecule has 0 aliphatic carbocycles. The minimum atomic E-state index is -0.908. The van der Waals surface area contributed by atoms with Crippen LogP contribution in [0, 0.1) is 0 Å². The summed E-state index contributed by atoms with van der Waals surface area (Å²) in [7, 11) is 1.51. The highest BCUT2D eigenvalue weighted by Crippen LogP contribution is 2.10. The molecule has 1 atom stereocenters. The Balaban J connectivity index is 0. The van der Waals surface area contributed by atoms with Gasteiger partial charge in [-0.2, -0.15) is 0 Å². The number of ether oxygens (including phenoxy) is 3. The van der Waals surface area contributed by atoms with Gasteiger partial charge in [-0.05, 0) is 27.7 Å². The van der Waals surface area contributed by atoms with E-state index in [-0.39, 0.29) is 12.2 Å². The molecule has 0 heterocycles. The summed E-state index contributed by atoms with van der Waals surface area (Å²) < 4.78 is 15.1. The molecule has 0 aromatic carbocycles. The lowest BCUT2D eigenvalue weighted by molar-refractivity contribution is -0.174. The molecule has 0 amide bonds. The molecule has 0 aromatic heterocycles. The Kier molecular flexibility index (Phi) is 12.9. The number of rotatable bonds is 8. The van der Waals surface area contributed by atoms with Crippen LogP contribution in [-0.2, 0) is 14.2 Å². The van der Waals surface area contributed by atoms with E-state index in [9.17, 15) is 0 Å². The third-order valence-electron chi connectivity index (χ3n) is 2.15. The van der Waals surface area contributed by atoms with Gasteiger partial charge in [0.15, 0.2) is 5.79 Å². The summed E-state index contributed by atoms with van der Waals surface area (Å²) in [6, 6.07) is 0. The van der Waals surface area contributed by atoms with E-state index >= 15 is 0 Å². The number of hydrogen-bond acceptors (Lipinski definition) is 5. The maximum Gasteiger partial charge on any atom is 0.162 e. The predicted molar refractivity (Wildman–Crippen MR) is 76.2 cm³/mol. The summed E-state index contributed by atoms with van der Waals surface area (Å²) in [4.78, 5) is 0. The smallest absolute Gasteiger partial charge is 0.162 e. The summed E-state index contributed by atoms with van der Waals surface area (Å²) in [6.07, 6.45) is 1.64. The number of aliphatic hydroxyl groups is 2. The van der Waals surface area contributed by atoms with Gasteiger partial charge >= 0.3 is 0 Å². The van der Waals surface area contributed by atoms with Crippen molar-refractivity contribution in [2.24, 2.45) is 0 Å². The fourth-order valence-corrected chi connectivity index (χ4v) is 1.14. The van der Waals surface area contributed by atoms with Crippen molar-refractivity contribution in [2.45, 2.75) is 58.8 Å². The van der Waals surface area contributed by atoms with Crippen molar-refractivity contribution in [1.82, 2.24) is 0 Å². The van der Waals surface area contributed by atoms with Gasteiger partial charge in [0.2, 0.25) is 0 Å². The molecule has 5 nitrogen and oxygen atoms in total. The first-order valence-corrected chi connectivity index (χ1v) is 6.78. The van der Waals surface area contributed by atoms with Crippen molar-refractivity contribution in [1.29, 1.82) is 0 Å². The quantitative estimate of drug-likeness (QED) is 0.525. The van der Waals surface area contributed by atoms with Crippen LogP contribution in [0.25, 0.3) is 0 Å². The molecule has 118 valence electrons. The summed E-state index contributed by atoms with van der Waals surface area (Å²) in [5.41, 5.74) is -0.0947. The number of aliphatic hydroxyl groups excluding tert-OH is 1. The molecule has 2 N–H and O–H groups in total. The van der Waals surface area contributed by atoms with Gasteiger partial charge in [-0.25, -0.2) is 0 Å². The van der Waals surface area contributed by atoms with Gasteiger partial charge in [0.25, 0.3) is 0 Å². The van der Waals surface area contributed by atoms with Crippen molar-refractivity contribution >= 4 is 0 Å². The van der Waals surface area contributed by atoms with Gasteiger partial charge in [-0.1, -0.05) is 13.3 Å². The normalized spacial score (nSPS) is 14.5. The number of methoxy groups -OCH3 is 1. The van der Waals surface area contributed by atoms with Crippen LogP contribution >= 0.6 is 0 Å². The fourth-order valence-electron chi connectivity index (χ4n) is 1.14. The highest BCUT2D eigenvalue weighted by molar-refractivity contribution is 4.57. The Labute approximate surface area is 117 Å². The molecule has 5 heteroatoms. The molecule has 0 saturated carbocycles. The van der Waals surface area contributed by atoms with E-state index in [0.29, 0.717) is 26.2 Å². The molecule has 0 rings (SSSR count). The molecule has 1 unspecified atom stereocenters. The molecular weight excluding hydrogens is 248 g/mol. The molecule has 0 aliphatic rings. The lowest BCUT2D eigenvalue weighted by atomic mass is 10.2. The molecule has 0 aliphatic heterocycles. The lowest BCUT2D eigenvalue weighted by Gasteiger charge is -2.19. The van der Waals surface area contributed by atoms with Crippen molar-refractivity contribution in [3.8, 4) is 0 Å². The van der Waals surface area contributed by atoms with Gasteiger partial charge in [0.1, 0.15) is 0 Å². The van der Waals surface area contributed by atoms with Gasteiger partial charge < -0.3 is 24.4 Å². The summed E-state index contributed by atoms with van der Waals surface area (Å²) in [6.45, 7) is 11.3. The average Bonchev–Trinajstić information content (AvgIpc) is 2.28. The molecule has 0 radical (unpaired) electrons. The van der Waals surface area contributed by atoms with Crippen LogP contribution in [0.3, 0.4) is 0 Å². The Morgan fingerprint density at radius 1 is 1.00 bits per heavy atom. The molecule has 19 heavy (non-hydrogen) atoms. The monoisotopic (exact) mass is 280 g/mol. The highest BCUT2D eigenvalue weighted by atomic mass is 16.6. The maximum absolute atomic E-state index is 9.10. The second-order valence-corrected chi connectivity index (χ2v) is 5.43. The van der Waals surface area contributed by atoms with Crippen LogP contribution in [0.5, 0.6) is 0 Å². The summed E-state index contributed by atoms with van der Waals surface area (Å²) in [5, 5.41) is 17.5. The van der Waals surface area contributed by atoms with Crippen molar-refractivity contribution < 1.29 is 24.4 Å². The van der Waals surface area contributed by atoms with Crippen molar-refractivity contribution in [3.63, 3.8) is 0 Å². The van der Waals surface area contributed by atoms with Crippen LogP contribution < -0.4 is 0 Å². The van der Waals surface area contributed by atoms with Gasteiger partial charge in [-0.15, -0.1) is 0 Å². The first-order chi connectivity index (χ1) is 8.68. The molecule has 0 bridgehead atoms. The summed E-state index contributed by atoms with van der Waals surface area (Å²) >= 11 is 0. The van der Waals surface area contributed by atoms with Crippen LogP contribution in [0.15, 0.2) is 0 Å². The second kappa shape index (κ2) is 11.6. The molecular formula is C14H32O5. The molecule has 0 fully saturated rings. The SMILES string of the molecule is CC(C)(C)OCCOCCO.CCCC(C)(O)OC. The van der Waals surface area contributed by atoms with Crippen molar-refractivity contribution in [2.75, 3.05) is 33.5 Å². The Morgan fingerprint density at radius 2 is 1.58 bits per heavy atom. The predicted octanol–water partition coefficient (Wildman–Crippen LogP) is 1.95. The van der Waals surface area contributed by atoms with E-state index in [4.69, 9.17) is 24.4 Å². The molecule has 0 saturated heterocycles. The lowest BCUT2D eigenvalue weighted by Crippen LogP contribution is -2.25. The largest absolute Gasteiger partial charge is 0.394 e. The van der Waals surface area contributed by atoms with E-state index in [0.717, 1.165) is 6.42 Å². The standard InChI is InChI=1S/C8H18O3.C6H14O2/c1-8(2,3)11-7-6-10-5-4-9;1-4-5-6(2,7)8-3/h9H,4-7H2,1-3H3;7H,4-5H2,1-3H3. The van der Waals surface area contributed by atoms with Crippen molar-refractivity contribution in [3.05, 3.63) is 0 Å².